The molecule has 0 aromatic carbocycles. The number of ether oxygens (including phenoxy) is 1. The Kier molecular flexibility index (Phi) is 2.83. The minimum atomic E-state index is -4.86. The van der Waals surface area contributed by atoms with Crippen LogP contribution in [0.3, 0.4) is 0 Å². The largest absolute Gasteiger partial charge is 0.490 e. The van der Waals surface area contributed by atoms with E-state index >= 15 is 0 Å². The average molecular weight is 263 g/mol. The Bertz CT molecular complexity index is 339. The van der Waals surface area contributed by atoms with Crippen LogP contribution in [0.15, 0.2) is 0 Å². The number of carbonyl (C=O) groups is 1. The first-order valence-corrected chi connectivity index (χ1v) is 6.69. The summed E-state index contributed by atoms with van der Waals surface area (Å²) in [6.45, 7) is 0. The average Bonchev–Trinajstić information content (AvgIpc) is 2.42. The minimum Gasteiger partial charge on any atom is -0.455 e. The molecule has 4 aliphatic rings. The molecule has 0 aliphatic heterocycles. The Morgan fingerprint density at radius 1 is 0.889 bits per heavy atom. The van der Waals surface area contributed by atoms with Crippen LogP contribution in [0.1, 0.15) is 38.5 Å². The number of halogens is 3. The summed E-state index contributed by atoms with van der Waals surface area (Å²) >= 11 is 0. The molecule has 4 saturated carbocycles. The second-order valence-corrected chi connectivity index (χ2v) is 6.21. The summed E-state index contributed by atoms with van der Waals surface area (Å²) in [6, 6.07) is 0. The van der Waals surface area contributed by atoms with Crippen molar-refractivity contribution in [3.8, 4) is 0 Å². The van der Waals surface area contributed by atoms with Crippen LogP contribution in [0, 0.1) is 23.7 Å². The van der Waals surface area contributed by atoms with Gasteiger partial charge in [-0.3, -0.25) is 0 Å². The first-order chi connectivity index (χ1) is 8.41. The van der Waals surface area contributed by atoms with Crippen molar-refractivity contribution in [3.05, 3.63) is 0 Å². The highest BCUT2D eigenvalue weighted by Crippen LogP contribution is 2.52. The molecule has 0 aromatic rings. The van der Waals surface area contributed by atoms with Crippen molar-refractivity contribution in [1.82, 2.24) is 0 Å². The number of fused-ring (bicyclic) bond motifs is 1. The Morgan fingerprint density at radius 3 is 1.89 bits per heavy atom. The third-order valence-electron chi connectivity index (χ3n) is 4.85. The molecule has 102 valence electrons. The normalized spacial score (nSPS) is 42.7. The van der Waals surface area contributed by atoms with Crippen molar-refractivity contribution < 1.29 is 22.7 Å². The molecule has 4 rings (SSSR count). The van der Waals surface area contributed by atoms with Crippen LogP contribution < -0.4 is 0 Å². The lowest BCUT2D eigenvalue weighted by atomic mass is 9.68. The van der Waals surface area contributed by atoms with Crippen LogP contribution in [0.2, 0.25) is 0 Å². The van der Waals surface area contributed by atoms with E-state index in [1.54, 1.807) is 0 Å². The number of alkyl halides is 3. The van der Waals surface area contributed by atoms with Gasteiger partial charge in [0, 0.05) is 0 Å². The Hall–Kier alpha value is -0.740. The van der Waals surface area contributed by atoms with Gasteiger partial charge in [0.1, 0.15) is 6.10 Å². The first-order valence-electron chi connectivity index (χ1n) is 6.69. The third-order valence-corrected chi connectivity index (χ3v) is 4.85. The second kappa shape index (κ2) is 4.14. The minimum absolute atomic E-state index is 0.160. The van der Waals surface area contributed by atoms with E-state index in [1.165, 1.54) is 6.42 Å². The number of rotatable bonds is 1. The fourth-order valence-electron chi connectivity index (χ4n) is 4.41. The van der Waals surface area contributed by atoms with Gasteiger partial charge in [0.2, 0.25) is 0 Å². The number of esters is 1. The fraction of sp³-hybridized carbons (Fsp3) is 0.923. The molecular formula is C13H17F3O2. The van der Waals surface area contributed by atoms with E-state index in [0.29, 0.717) is 24.2 Å². The lowest BCUT2D eigenvalue weighted by Crippen LogP contribution is -2.35. The Labute approximate surface area is 104 Å². The fourth-order valence-corrected chi connectivity index (χ4v) is 4.41. The molecule has 5 heteroatoms. The predicted molar refractivity (Wildman–Crippen MR) is 57.6 cm³/mol. The van der Waals surface area contributed by atoms with Crippen molar-refractivity contribution in [2.75, 3.05) is 0 Å². The lowest BCUT2D eigenvalue weighted by Gasteiger charge is -2.38. The summed E-state index contributed by atoms with van der Waals surface area (Å²) in [6.07, 6.45) is 0.640. The topological polar surface area (TPSA) is 26.3 Å². The van der Waals surface area contributed by atoms with Crippen LogP contribution in [0.25, 0.3) is 0 Å². The van der Waals surface area contributed by atoms with Crippen molar-refractivity contribution in [2.24, 2.45) is 23.7 Å². The van der Waals surface area contributed by atoms with E-state index in [0.717, 1.165) is 25.7 Å². The molecule has 0 amide bonds. The van der Waals surface area contributed by atoms with Crippen molar-refractivity contribution in [2.45, 2.75) is 50.8 Å². The van der Waals surface area contributed by atoms with Gasteiger partial charge in [-0.15, -0.1) is 0 Å². The number of hydrogen-bond donors (Lipinski definition) is 0. The van der Waals surface area contributed by atoms with Gasteiger partial charge >= 0.3 is 12.1 Å². The van der Waals surface area contributed by atoms with Gasteiger partial charge in [-0.05, 0) is 62.2 Å². The highest BCUT2D eigenvalue weighted by Gasteiger charge is 2.48. The van der Waals surface area contributed by atoms with Gasteiger partial charge < -0.3 is 4.74 Å². The summed E-state index contributed by atoms with van der Waals surface area (Å²) in [7, 11) is 0. The van der Waals surface area contributed by atoms with Crippen LogP contribution in [0.5, 0.6) is 0 Å². The van der Waals surface area contributed by atoms with Gasteiger partial charge in [-0.1, -0.05) is 0 Å². The highest BCUT2D eigenvalue weighted by molar-refractivity contribution is 5.75. The Balaban J connectivity index is 1.72. The molecule has 4 aliphatic carbocycles. The molecule has 0 spiro atoms. The van der Waals surface area contributed by atoms with Gasteiger partial charge in [0.05, 0.1) is 0 Å². The highest BCUT2D eigenvalue weighted by atomic mass is 19.4. The van der Waals surface area contributed by atoms with Crippen LogP contribution in [-0.4, -0.2) is 18.2 Å². The summed E-state index contributed by atoms with van der Waals surface area (Å²) in [5.74, 6) is -0.0715. The summed E-state index contributed by atoms with van der Waals surface area (Å²) in [4.78, 5) is 11.0. The van der Waals surface area contributed by atoms with Crippen molar-refractivity contribution >= 4 is 5.97 Å². The van der Waals surface area contributed by atoms with E-state index in [-0.39, 0.29) is 5.92 Å². The molecule has 0 N–H and O–H groups in total. The number of carbonyl (C=O) groups excluding carboxylic acids is 1. The lowest BCUT2D eigenvalue weighted by molar-refractivity contribution is -0.208. The van der Waals surface area contributed by atoms with Gasteiger partial charge in [0.15, 0.2) is 0 Å². The maximum absolute atomic E-state index is 12.3. The second-order valence-electron chi connectivity index (χ2n) is 6.21. The van der Waals surface area contributed by atoms with E-state index in [4.69, 9.17) is 4.74 Å². The zero-order valence-corrected chi connectivity index (χ0v) is 10.1. The number of hydrogen-bond acceptors (Lipinski definition) is 2. The van der Waals surface area contributed by atoms with E-state index in [2.05, 4.69) is 0 Å². The first kappa shape index (κ1) is 12.3. The summed E-state index contributed by atoms with van der Waals surface area (Å²) in [5, 5.41) is 0. The van der Waals surface area contributed by atoms with Crippen molar-refractivity contribution in [3.63, 3.8) is 0 Å². The molecule has 0 saturated heterocycles. The predicted octanol–water partition coefficient (Wildman–Crippen LogP) is 3.31. The quantitative estimate of drug-likeness (QED) is 0.536. The van der Waals surface area contributed by atoms with Crippen molar-refractivity contribution in [1.29, 1.82) is 0 Å². The summed E-state index contributed by atoms with van der Waals surface area (Å²) < 4.78 is 41.5. The van der Waals surface area contributed by atoms with Crippen LogP contribution in [-0.2, 0) is 9.53 Å². The molecule has 2 nitrogen and oxygen atoms in total. The molecular weight excluding hydrogens is 246 g/mol. The monoisotopic (exact) mass is 263 g/mol. The van der Waals surface area contributed by atoms with E-state index < -0.39 is 18.2 Å². The third kappa shape index (κ3) is 2.24. The standard InChI is InChI=1S/C13H17F3O2/c14-13(15,16)12(17)18-11-6-9-2-7-1-8(3-9)5-10(11)4-7/h7-11H,1-6H2/t7-,8+,9?,10?,11-/m1/s1/i11+1. The molecule has 2 unspecified atom stereocenters. The molecule has 0 heterocycles. The zero-order chi connectivity index (χ0) is 12.9. The van der Waals surface area contributed by atoms with Crippen LogP contribution >= 0.6 is 0 Å². The zero-order valence-electron chi connectivity index (χ0n) is 10.1. The maximum atomic E-state index is 12.3. The van der Waals surface area contributed by atoms with E-state index in [1.807, 2.05) is 0 Å². The molecule has 4 bridgehead atoms. The van der Waals surface area contributed by atoms with Crippen LogP contribution in [0.4, 0.5) is 13.2 Å². The Morgan fingerprint density at radius 2 is 1.39 bits per heavy atom. The van der Waals surface area contributed by atoms with Gasteiger partial charge in [-0.2, -0.15) is 13.2 Å². The SMILES string of the molecule is O=C(O[13C@@H]1CC2C[C@@H]3CC1C[C@H](C2)C3)C(F)(F)F. The molecule has 18 heavy (non-hydrogen) atoms. The van der Waals surface area contributed by atoms with Gasteiger partial charge in [0.25, 0.3) is 0 Å². The van der Waals surface area contributed by atoms with Gasteiger partial charge in [-0.25, -0.2) is 4.79 Å². The van der Waals surface area contributed by atoms with E-state index in [9.17, 15) is 18.0 Å². The maximum Gasteiger partial charge on any atom is 0.490 e. The molecule has 0 aromatic heterocycles. The molecule has 4 fully saturated rings. The summed E-state index contributed by atoms with van der Waals surface area (Å²) in [5.41, 5.74) is 0. The molecule has 0 radical (unpaired) electrons. The smallest absolute Gasteiger partial charge is 0.455 e. The molecule has 5 atom stereocenters.